The zero-order valence-electron chi connectivity index (χ0n) is 22.5. The molecule has 0 saturated carbocycles. The number of aromatic nitrogens is 2. The third-order valence-corrected chi connectivity index (χ3v) is 7.65. The average Bonchev–Trinajstić information content (AvgIpc) is 3.39. The van der Waals surface area contributed by atoms with Gasteiger partial charge < -0.3 is 20.1 Å². The van der Waals surface area contributed by atoms with Crippen molar-refractivity contribution in [3.8, 4) is 5.69 Å². The topological polar surface area (TPSA) is 62.2 Å². The summed E-state index contributed by atoms with van der Waals surface area (Å²) in [5.41, 5.74) is 7.58. The Morgan fingerprint density at radius 2 is 1.87 bits per heavy atom. The first-order chi connectivity index (χ1) is 18.7. The van der Waals surface area contributed by atoms with Crippen LogP contribution >= 0.6 is 12.2 Å². The molecule has 0 radical (unpaired) electrons. The molecule has 2 unspecified atom stereocenters. The zero-order chi connectivity index (χ0) is 27.7. The number of benzene rings is 2. The van der Waals surface area contributed by atoms with Gasteiger partial charge in [0, 0.05) is 41.9 Å². The highest BCUT2D eigenvalue weighted by Crippen LogP contribution is 2.41. The van der Waals surface area contributed by atoms with Crippen LogP contribution in [0.25, 0.3) is 5.69 Å². The Morgan fingerprint density at radius 1 is 1.05 bits per heavy atom. The summed E-state index contributed by atoms with van der Waals surface area (Å²) < 4.78 is 16.2. The van der Waals surface area contributed by atoms with Gasteiger partial charge in [-0.15, -0.1) is 0 Å². The smallest absolute Gasteiger partial charge is 0.226 e. The number of pyridine rings is 1. The molecule has 1 fully saturated rings. The van der Waals surface area contributed by atoms with Crippen molar-refractivity contribution in [2.75, 3.05) is 11.9 Å². The summed E-state index contributed by atoms with van der Waals surface area (Å²) in [6.45, 7) is 8.47. The molecule has 8 heteroatoms. The Balaban J connectivity index is 1.47. The lowest BCUT2D eigenvalue weighted by Crippen LogP contribution is -2.33. The van der Waals surface area contributed by atoms with Crippen molar-refractivity contribution in [2.24, 2.45) is 0 Å². The van der Waals surface area contributed by atoms with E-state index >= 15 is 0 Å². The Labute approximate surface area is 233 Å². The Bertz CT molecular complexity index is 1530. The van der Waals surface area contributed by atoms with Gasteiger partial charge >= 0.3 is 0 Å². The number of carbonyl (C=O) groups excluding carboxylic acids is 1. The van der Waals surface area contributed by atoms with E-state index in [0.29, 0.717) is 11.7 Å². The molecular formula is C31H32FN5OS. The van der Waals surface area contributed by atoms with Crippen molar-refractivity contribution in [3.63, 3.8) is 0 Å². The summed E-state index contributed by atoms with van der Waals surface area (Å²) >= 11 is 5.81. The first kappa shape index (κ1) is 26.6. The molecule has 1 aliphatic rings. The van der Waals surface area contributed by atoms with E-state index in [1.165, 1.54) is 12.1 Å². The molecule has 0 aliphatic carbocycles. The molecule has 200 valence electrons. The van der Waals surface area contributed by atoms with Crippen LogP contribution in [0.2, 0.25) is 0 Å². The van der Waals surface area contributed by atoms with Crippen LogP contribution in [0.4, 0.5) is 10.1 Å². The molecule has 1 aliphatic heterocycles. The van der Waals surface area contributed by atoms with Crippen LogP contribution in [0, 0.1) is 33.5 Å². The van der Waals surface area contributed by atoms with Crippen LogP contribution < -0.4 is 10.6 Å². The minimum absolute atomic E-state index is 0.0724. The lowest BCUT2D eigenvalue weighted by molar-refractivity contribution is -0.116. The Morgan fingerprint density at radius 3 is 2.62 bits per heavy atom. The summed E-state index contributed by atoms with van der Waals surface area (Å²) in [6.07, 6.45) is 2.04. The second kappa shape index (κ2) is 11.0. The summed E-state index contributed by atoms with van der Waals surface area (Å²) in [7, 11) is 0. The van der Waals surface area contributed by atoms with Crippen molar-refractivity contribution >= 4 is 28.9 Å². The predicted molar refractivity (Wildman–Crippen MR) is 157 cm³/mol. The quantitative estimate of drug-likeness (QED) is 0.271. The van der Waals surface area contributed by atoms with Crippen LogP contribution in [-0.2, 0) is 4.79 Å². The molecule has 4 aromatic rings. The maximum Gasteiger partial charge on any atom is 0.226 e. The molecule has 2 aromatic heterocycles. The number of thiocarbonyl (C=S) groups is 1. The maximum atomic E-state index is 14.1. The summed E-state index contributed by atoms with van der Waals surface area (Å²) in [5.74, 6) is -0.357. The number of amides is 1. The van der Waals surface area contributed by atoms with Crippen molar-refractivity contribution in [1.82, 2.24) is 19.8 Å². The standard InChI is InChI=1S/C31H32FN5OS/c1-19-11-12-20(2)27(16-19)34-28(38)13-15-36-30(29(35-31(36)39)26-10-5-6-14-33-26)25-17-21(3)37(22(25)4)24-9-7-8-23(32)18-24/h5-12,14,16-18,29-30H,13,15H2,1-4H3,(H,34,38)(H,35,39). The molecule has 0 bridgehead atoms. The van der Waals surface area contributed by atoms with Crippen LogP contribution in [0.1, 0.15) is 52.3 Å². The SMILES string of the molecule is Cc1ccc(C)c(NC(=O)CCN2C(=S)NC(c3ccccn3)C2c2cc(C)n(-c3cccc(F)c3)c2C)c1. The molecule has 3 heterocycles. The van der Waals surface area contributed by atoms with Crippen LogP contribution in [0.3, 0.4) is 0 Å². The highest BCUT2D eigenvalue weighted by atomic mass is 32.1. The predicted octanol–water partition coefficient (Wildman–Crippen LogP) is 6.25. The molecule has 5 rings (SSSR count). The van der Waals surface area contributed by atoms with E-state index in [1.54, 1.807) is 12.3 Å². The molecule has 6 nitrogen and oxygen atoms in total. The minimum Gasteiger partial charge on any atom is -0.352 e. The number of anilines is 1. The van der Waals surface area contributed by atoms with Gasteiger partial charge in [-0.25, -0.2) is 4.39 Å². The van der Waals surface area contributed by atoms with E-state index in [4.69, 9.17) is 12.2 Å². The zero-order valence-corrected chi connectivity index (χ0v) is 23.3. The van der Waals surface area contributed by atoms with Gasteiger partial charge in [0.2, 0.25) is 5.91 Å². The third kappa shape index (κ3) is 5.43. The summed E-state index contributed by atoms with van der Waals surface area (Å²) in [6, 6.07) is 20.2. The number of hydrogen-bond donors (Lipinski definition) is 2. The average molecular weight is 542 g/mol. The Kier molecular flexibility index (Phi) is 7.48. The minimum atomic E-state index is -0.284. The van der Waals surface area contributed by atoms with E-state index < -0.39 is 0 Å². The number of nitrogens with zero attached hydrogens (tertiary/aromatic N) is 3. The van der Waals surface area contributed by atoms with E-state index in [9.17, 15) is 9.18 Å². The summed E-state index contributed by atoms with van der Waals surface area (Å²) in [4.78, 5) is 19.7. The second-order valence-corrected chi connectivity index (χ2v) is 10.5. The van der Waals surface area contributed by atoms with Crippen LogP contribution in [0.15, 0.2) is 72.9 Å². The normalized spacial score (nSPS) is 16.8. The van der Waals surface area contributed by atoms with Gasteiger partial charge in [-0.1, -0.05) is 24.3 Å². The van der Waals surface area contributed by atoms with Gasteiger partial charge in [-0.3, -0.25) is 9.78 Å². The molecule has 2 aromatic carbocycles. The largest absolute Gasteiger partial charge is 0.352 e. The van der Waals surface area contributed by atoms with Gasteiger partial charge in [0.25, 0.3) is 0 Å². The number of hydrogen-bond acceptors (Lipinski definition) is 3. The van der Waals surface area contributed by atoms with E-state index in [0.717, 1.165) is 45.1 Å². The van der Waals surface area contributed by atoms with Gasteiger partial charge in [0.1, 0.15) is 5.82 Å². The van der Waals surface area contributed by atoms with Crippen molar-refractivity contribution in [1.29, 1.82) is 0 Å². The highest BCUT2D eigenvalue weighted by molar-refractivity contribution is 7.80. The maximum absolute atomic E-state index is 14.1. The number of rotatable bonds is 7. The van der Waals surface area contributed by atoms with Gasteiger partial charge in [0.05, 0.1) is 17.8 Å². The monoisotopic (exact) mass is 541 g/mol. The molecule has 1 saturated heterocycles. The first-order valence-corrected chi connectivity index (χ1v) is 13.4. The van der Waals surface area contributed by atoms with Crippen molar-refractivity contribution < 1.29 is 9.18 Å². The molecule has 1 amide bonds. The fraction of sp³-hybridized carbons (Fsp3) is 0.258. The van der Waals surface area contributed by atoms with Crippen LogP contribution in [0.5, 0.6) is 0 Å². The van der Waals surface area contributed by atoms with E-state index in [1.807, 2.05) is 70.2 Å². The van der Waals surface area contributed by atoms with E-state index in [-0.39, 0.29) is 30.2 Å². The number of nitrogens with one attached hydrogen (secondary N) is 2. The highest BCUT2D eigenvalue weighted by Gasteiger charge is 2.41. The number of carbonyl (C=O) groups is 1. The summed E-state index contributed by atoms with van der Waals surface area (Å²) in [5, 5.41) is 7.09. The number of aryl methyl sites for hydroxylation is 3. The van der Waals surface area contributed by atoms with Crippen molar-refractivity contribution in [2.45, 2.75) is 46.2 Å². The number of halogens is 1. The van der Waals surface area contributed by atoms with Crippen LogP contribution in [-0.4, -0.2) is 32.0 Å². The fourth-order valence-electron chi connectivity index (χ4n) is 5.39. The Hall–Kier alpha value is -4.04. The first-order valence-electron chi connectivity index (χ1n) is 13.0. The van der Waals surface area contributed by atoms with Gasteiger partial charge in [0.15, 0.2) is 5.11 Å². The molecule has 2 atom stereocenters. The van der Waals surface area contributed by atoms with Gasteiger partial charge in [-0.05, 0) is 99.1 Å². The fourth-order valence-corrected chi connectivity index (χ4v) is 5.72. The third-order valence-electron chi connectivity index (χ3n) is 7.30. The molecule has 39 heavy (non-hydrogen) atoms. The van der Waals surface area contributed by atoms with Gasteiger partial charge in [-0.2, -0.15) is 0 Å². The second-order valence-electron chi connectivity index (χ2n) is 10.1. The van der Waals surface area contributed by atoms with E-state index in [2.05, 4.69) is 31.2 Å². The lowest BCUT2D eigenvalue weighted by Gasteiger charge is -2.28. The lowest BCUT2D eigenvalue weighted by atomic mass is 9.96. The van der Waals surface area contributed by atoms with Crippen molar-refractivity contribution in [3.05, 3.63) is 113 Å². The molecule has 2 N–H and O–H groups in total. The molecule has 0 spiro atoms. The molecular weight excluding hydrogens is 509 g/mol.